The van der Waals surface area contributed by atoms with E-state index < -0.39 is 0 Å². The van der Waals surface area contributed by atoms with Crippen LogP contribution < -0.4 is 10.3 Å². The maximum Gasteiger partial charge on any atom is 0.259 e. The molecular formula is C17H16N2O3S. The summed E-state index contributed by atoms with van der Waals surface area (Å²) in [7, 11) is 1.58. The number of aryl methyl sites for hydroxylation is 2. The van der Waals surface area contributed by atoms with Crippen molar-refractivity contribution < 1.29 is 9.53 Å². The third kappa shape index (κ3) is 2.90. The van der Waals surface area contributed by atoms with Crippen molar-refractivity contribution in [2.24, 2.45) is 0 Å². The Morgan fingerprint density at radius 2 is 1.96 bits per heavy atom. The van der Waals surface area contributed by atoms with Crippen LogP contribution in [0.2, 0.25) is 0 Å². The fourth-order valence-electron chi connectivity index (χ4n) is 2.41. The first-order chi connectivity index (χ1) is 11.0. The van der Waals surface area contributed by atoms with E-state index >= 15 is 0 Å². The Hall–Kier alpha value is -2.47. The number of thiophene rings is 1. The monoisotopic (exact) mass is 328 g/mol. The van der Waals surface area contributed by atoms with Crippen molar-refractivity contribution in [2.75, 3.05) is 7.11 Å². The van der Waals surface area contributed by atoms with Crippen LogP contribution in [0.15, 0.2) is 29.1 Å². The van der Waals surface area contributed by atoms with Crippen LogP contribution in [0.4, 0.5) is 0 Å². The normalized spacial score (nSPS) is 10.9. The van der Waals surface area contributed by atoms with Gasteiger partial charge in [0, 0.05) is 10.4 Å². The molecule has 5 nitrogen and oxygen atoms in total. The van der Waals surface area contributed by atoms with E-state index in [-0.39, 0.29) is 17.8 Å². The van der Waals surface area contributed by atoms with Gasteiger partial charge in [-0.05, 0) is 43.7 Å². The Labute approximate surface area is 137 Å². The van der Waals surface area contributed by atoms with Crippen LogP contribution in [0.25, 0.3) is 10.2 Å². The number of ketones is 1. The molecule has 0 saturated carbocycles. The van der Waals surface area contributed by atoms with E-state index in [4.69, 9.17) is 4.74 Å². The van der Waals surface area contributed by atoms with Crippen LogP contribution in [0.1, 0.15) is 26.6 Å². The highest BCUT2D eigenvalue weighted by Gasteiger charge is 2.14. The second-order valence-corrected chi connectivity index (χ2v) is 6.51. The number of hydrogen-bond acceptors (Lipinski definition) is 5. The molecular weight excluding hydrogens is 312 g/mol. The van der Waals surface area contributed by atoms with E-state index in [2.05, 4.69) is 9.97 Å². The largest absolute Gasteiger partial charge is 0.497 e. The van der Waals surface area contributed by atoms with Gasteiger partial charge in [0.2, 0.25) is 0 Å². The molecule has 6 heteroatoms. The highest BCUT2D eigenvalue weighted by molar-refractivity contribution is 7.18. The molecule has 0 aliphatic rings. The molecule has 0 atom stereocenters. The number of carbonyl (C=O) groups excluding carboxylic acids is 1. The van der Waals surface area contributed by atoms with E-state index in [0.717, 1.165) is 10.4 Å². The zero-order chi connectivity index (χ0) is 16.6. The van der Waals surface area contributed by atoms with Gasteiger partial charge in [-0.25, -0.2) is 4.98 Å². The number of ether oxygens (including phenoxy) is 1. The number of hydrogen-bond donors (Lipinski definition) is 1. The molecule has 2 aromatic heterocycles. The molecule has 0 fully saturated rings. The van der Waals surface area contributed by atoms with Crippen molar-refractivity contribution in [2.45, 2.75) is 20.3 Å². The number of H-pyrrole nitrogens is 1. The quantitative estimate of drug-likeness (QED) is 0.747. The molecule has 0 aliphatic carbocycles. The second-order valence-electron chi connectivity index (χ2n) is 5.30. The minimum absolute atomic E-state index is 0.0630. The lowest BCUT2D eigenvalue weighted by Crippen LogP contribution is -2.15. The molecule has 0 amide bonds. The summed E-state index contributed by atoms with van der Waals surface area (Å²) < 4.78 is 5.07. The van der Waals surface area contributed by atoms with Crippen molar-refractivity contribution in [3.63, 3.8) is 0 Å². The fraction of sp³-hybridized carbons (Fsp3) is 0.235. The Balaban J connectivity index is 1.91. The molecule has 0 bridgehead atoms. The lowest BCUT2D eigenvalue weighted by Gasteiger charge is -2.03. The van der Waals surface area contributed by atoms with Crippen molar-refractivity contribution in [3.05, 3.63) is 56.4 Å². The smallest absolute Gasteiger partial charge is 0.259 e. The highest BCUT2D eigenvalue weighted by Crippen LogP contribution is 2.25. The maximum absolute atomic E-state index is 12.3. The van der Waals surface area contributed by atoms with Crippen LogP contribution in [0.5, 0.6) is 5.75 Å². The molecule has 3 rings (SSSR count). The molecule has 0 spiro atoms. The molecule has 0 radical (unpaired) electrons. The summed E-state index contributed by atoms with van der Waals surface area (Å²) in [5.74, 6) is 0.990. The van der Waals surface area contributed by atoms with Crippen LogP contribution in [0, 0.1) is 13.8 Å². The van der Waals surface area contributed by atoms with Crippen LogP contribution in [-0.2, 0) is 6.42 Å². The molecule has 3 aromatic rings. The third-order valence-electron chi connectivity index (χ3n) is 3.83. The summed E-state index contributed by atoms with van der Waals surface area (Å²) in [6, 6.07) is 6.88. The number of benzene rings is 1. The zero-order valence-corrected chi connectivity index (χ0v) is 13.9. The number of nitrogens with zero attached hydrogens (tertiary/aromatic N) is 1. The van der Waals surface area contributed by atoms with Gasteiger partial charge in [0.15, 0.2) is 5.78 Å². The first-order valence-corrected chi connectivity index (χ1v) is 7.97. The van der Waals surface area contributed by atoms with Gasteiger partial charge in [-0.15, -0.1) is 11.3 Å². The number of carbonyl (C=O) groups is 1. The topological polar surface area (TPSA) is 72.0 Å². The summed E-state index contributed by atoms with van der Waals surface area (Å²) >= 11 is 1.48. The number of rotatable bonds is 4. The van der Waals surface area contributed by atoms with Crippen molar-refractivity contribution >= 4 is 27.3 Å². The predicted octanol–water partition coefficient (Wildman–Crippen LogP) is 3.04. The molecule has 0 saturated heterocycles. The summed E-state index contributed by atoms with van der Waals surface area (Å²) in [5, 5.41) is 0.619. The fourth-order valence-corrected chi connectivity index (χ4v) is 3.46. The maximum atomic E-state index is 12.3. The number of Topliss-reactive ketones (excluding diaryl/α,β-unsaturated/α-hetero) is 1. The summed E-state index contributed by atoms with van der Waals surface area (Å²) in [6.45, 7) is 3.87. The predicted molar refractivity (Wildman–Crippen MR) is 90.7 cm³/mol. The standard InChI is InChI=1S/C17H16N2O3S/c1-9-10(2)23-17-15(9)16(21)18-14(19-17)8-13(20)11-4-6-12(22-3)7-5-11/h4-7H,8H2,1-3H3,(H,18,19,21). The van der Waals surface area contributed by atoms with E-state index in [0.29, 0.717) is 27.4 Å². The number of fused-ring (bicyclic) bond motifs is 1. The molecule has 1 aromatic carbocycles. The molecule has 0 aliphatic heterocycles. The van der Waals surface area contributed by atoms with Gasteiger partial charge >= 0.3 is 0 Å². The Bertz CT molecular complexity index is 939. The molecule has 0 unspecified atom stereocenters. The van der Waals surface area contributed by atoms with Crippen molar-refractivity contribution in [1.29, 1.82) is 0 Å². The molecule has 23 heavy (non-hydrogen) atoms. The minimum Gasteiger partial charge on any atom is -0.497 e. The van der Waals surface area contributed by atoms with E-state index in [1.165, 1.54) is 11.3 Å². The number of methoxy groups -OCH3 is 1. The lowest BCUT2D eigenvalue weighted by atomic mass is 10.1. The highest BCUT2D eigenvalue weighted by atomic mass is 32.1. The Kier molecular flexibility index (Phi) is 4.00. The number of nitrogens with one attached hydrogen (secondary N) is 1. The minimum atomic E-state index is -0.186. The average molecular weight is 328 g/mol. The summed E-state index contributed by atoms with van der Waals surface area (Å²) in [6.07, 6.45) is 0.0630. The van der Waals surface area contributed by atoms with Gasteiger partial charge in [0.05, 0.1) is 18.9 Å². The number of aromatic nitrogens is 2. The average Bonchev–Trinajstić information content (AvgIpc) is 2.82. The second kappa shape index (κ2) is 5.96. The van der Waals surface area contributed by atoms with Crippen LogP contribution in [0.3, 0.4) is 0 Å². The first kappa shape index (κ1) is 15.4. The summed E-state index contributed by atoms with van der Waals surface area (Å²) in [4.78, 5) is 33.5. The van der Waals surface area contributed by atoms with Crippen molar-refractivity contribution in [1.82, 2.24) is 9.97 Å². The molecule has 118 valence electrons. The van der Waals surface area contributed by atoms with Gasteiger partial charge in [0.1, 0.15) is 16.4 Å². The van der Waals surface area contributed by atoms with Crippen LogP contribution in [-0.4, -0.2) is 22.9 Å². The van der Waals surface area contributed by atoms with Gasteiger partial charge in [-0.3, -0.25) is 9.59 Å². The summed E-state index contributed by atoms with van der Waals surface area (Å²) in [5.41, 5.74) is 1.33. The van der Waals surface area contributed by atoms with E-state index in [1.54, 1.807) is 31.4 Å². The van der Waals surface area contributed by atoms with Gasteiger partial charge in [-0.2, -0.15) is 0 Å². The SMILES string of the molecule is COc1ccc(C(=O)Cc2nc3sc(C)c(C)c3c(=O)[nH]2)cc1. The third-order valence-corrected chi connectivity index (χ3v) is 4.93. The Morgan fingerprint density at radius 1 is 1.26 bits per heavy atom. The molecule has 2 heterocycles. The van der Waals surface area contributed by atoms with E-state index in [1.807, 2.05) is 13.8 Å². The first-order valence-electron chi connectivity index (χ1n) is 7.15. The zero-order valence-electron chi connectivity index (χ0n) is 13.1. The van der Waals surface area contributed by atoms with Gasteiger partial charge < -0.3 is 9.72 Å². The van der Waals surface area contributed by atoms with Crippen LogP contribution >= 0.6 is 11.3 Å². The molecule has 1 N–H and O–H groups in total. The van der Waals surface area contributed by atoms with Crippen molar-refractivity contribution in [3.8, 4) is 5.75 Å². The van der Waals surface area contributed by atoms with Gasteiger partial charge in [0.25, 0.3) is 5.56 Å². The Morgan fingerprint density at radius 3 is 2.61 bits per heavy atom. The van der Waals surface area contributed by atoms with Gasteiger partial charge in [-0.1, -0.05) is 0 Å². The van der Waals surface area contributed by atoms with E-state index in [9.17, 15) is 9.59 Å². The number of aromatic amines is 1. The lowest BCUT2D eigenvalue weighted by molar-refractivity contribution is 0.0991.